The van der Waals surface area contributed by atoms with Gasteiger partial charge in [-0.3, -0.25) is 4.79 Å². The Morgan fingerprint density at radius 1 is 1.22 bits per heavy atom. The van der Waals surface area contributed by atoms with Crippen LogP contribution in [0.1, 0.15) is 27.7 Å². The quantitative estimate of drug-likeness (QED) is 0.685. The SMILES string of the molecule is CC(C)C(CN(C)C)NC(=O)C(C(N)=S)C(C)C. The maximum Gasteiger partial charge on any atom is 0.230 e. The molecule has 0 saturated carbocycles. The lowest BCUT2D eigenvalue weighted by Gasteiger charge is -2.28. The molecule has 0 heterocycles. The minimum Gasteiger partial charge on any atom is -0.393 e. The summed E-state index contributed by atoms with van der Waals surface area (Å²) in [7, 11) is 3.99. The summed E-state index contributed by atoms with van der Waals surface area (Å²) in [5.74, 6) is 0.0478. The van der Waals surface area contributed by atoms with Gasteiger partial charge in [-0.1, -0.05) is 39.9 Å². The van der Waals surface area contributed by atoms with Gasteiger partial charge in [0.1, 0.15) is 0 Å². The molecular formula is C13H27N3OS. The Morgan fingerprint density at radius 2 is 1.72 bits per heavy atom. The van der Waals surface area contributed by atoms with E-state index in [1.807, 2.05) is 27.9 Å². The Bertz CT molecular complexity index is 290. The normalized spacial score (nSPS) is 14.9. The van der Waals surface area contributed by atoms with Crippen LogP contribution in [-0.2, 0) is 4.79 Å². The summed E-state index contributed by atoms with van der Waals surface area (Å²) in [6.07, 6.45) is 0. The van der Waals surface area contributed by atoms with Gasteiger partial charge in [0.05, 0.1) is 10.9 Å². The molecule has 0 aromatic heterocycles. The average Bonchev–Trinajstić information content (AvgIpc) is 2.13. The number of hydrogen-bond donors (Lipinski definition) is 2. The monoisotopic (exact) mass is 273 g/mol. The number of nitrogens with one attached hydrogen (secondary N) is 1. The van der Waals surface area contributed by atoms with Crippen LogP contribution in [0, 0.1) is 17.8 Å². The standard InChI is InChI=1S/C13H27N3OS/c1-8(2)10(7-16(5)6)15-13(17)11(9(3)4)12(14)18/h8-11H,7H2,1-6H3,(H2,14,18)(H,15,17). The van der Waals surface area contributed by atoms with Gasteiger partial charge in [0.2, 0.25) is 5.91 Å². The zero-order valence-corrected chi connectivity index (χ0v) is 13.2. The molecule has 0 rings (SSSR count). The Kier molecular flexibility index (Phi) is 7.40. The molecule has 18 heavy (non-hydrogen) atoms. The number of likely N-dealkylation sites (N-methyl/N-ethyl adjacent to an activating group) is 1. The first-order chi connectivity index (χ1) is 8.16. The number of amides is 1. The number of carbonyl (C=O) groups excluding carboxylic acids is 1. The minimum atomic E-state index is -0.386. The summed E-state index contributed by atoms with van der Waals surface area (Å²) in [6.45, 7) is 8.92. The van der Waals surface area contributed by atoms with Crippen LogP contribution in [0.25, 0.3) is 0 Å². The van der Waals surface area contributed by atoms with Gasteiger partial charge in [-0.2, -0.15) is 0 Å². The Balaban J connectivity index is 4.71. The van der Waals surface area contributed by atoms with Crippen LogP contribution in [0.5, 0.6) is 0 Å². The molecule has 0 radical (unpaired) electrons. The molecule has 1 amide bonds. The van der Waals surface area contributed by atoms with E-state index in [4.69, 9.17) is 18.0 Å². The molecule has 2 unspecified atom stereocenters. The van der Waals surface area contributed by atoms with Crippen LogP contribution in [0.15, 0.2) is 0 Å². The summed E-state index contributed by atoms with van der Waals surface area (Å²) >= 11 is 4.98. The van der Waals surface area contributed by atoms with Gasteiger partial charge >= 0.3 is 0 Å². The molecule has 0 aliphatic rings. The van der Waals surface area contributed by atoms with Gasteiger partial charge in [0, 0.05) is 12.6 Å². The summed E-state index contributed by atoms with van der Waals surface area (Å²) in [5.41, 5.74) is 5.65. The van der Waals surface area contributed by atoms with Crippen molar-refractivity contribution in [1.82, 2.24) is 10.2 Å². The van der Waals surface area contributed by atoms with E-state index >= 15 is 0 Å². The van der Waals surface area contributed by atoms with Crippen molar-refractivity contribution in [3.8, 4) is 0 Å². The first-order valence-electron chi connectivity index (χ1n) is 6.41. The molecule has 4 nitrogen and oxygen atoms in total. The smallest absolute Gasteiger partial charge is 0.230 e. The molecule has 0 saturated heterocycles. The fraction of sp³-hybridized carbons (Fsp3) is 0.846. The maximum absolute atomic E-state index is 12.2. The third-order valence-corrected chi connectivity index (χ3v) is 3.20. The lowest BCUT2D eigenvalue weighted by molar-refractivity contribution is -0.125. The number of nitrogens with two attached hydrogens (primary N) is 1. The zero-order valence-electron chi connectivity index (χ0n) is 12.4. The van der Waals surface area contributed by atoms with Crippen LogP contribution in [0.3, 0.4) is 0 Å². The van der Waals surface area contributed by atoms with E-state index in [-0.39, 0.29) is 28.8 Å². The molecule has 106 valence electrons. The second-order valence-corrected chi connectivity index (χ2v) is 6.22. The summed E-state index contributed by atoms with van der Waals surface area (Å²) in [6, 6.07) is 0.114. The first kappa shape index (κ1) is 17.3. The lowest BCUT2D eigenvalue weighted by atomic mass is 9.93. The maximum atomic E-state index is 12.2. The second kappa shape index (κ2) is 7.69. The van der Waals surface area contributed by atoms with Gasteiger partial charge in [0.25, 0.3) is 0 Å². The first-order valence-corrected chi connectivity index (χ1v) is 6.82. The summed E-state index contributed by atoms with van der Waals surface area (Å²) in [5, 5.41) is 3.06. The topological polar surface area (TPSA) is 58.4 Å². The number of carbonyl (C=O) groups is 1. The van der Waals surface area contributed by atoms with Crippen LogP contribution in [-0.4, -0.2) is 42.5 Å². The average molecular weight is 273 g/mol. The van der Waals surface area contributed by atoms with Gasteiger partial charge in [-0.15, -0.1) is 0 Å². The van der Waals surface area contributed by atoms with E-state index in [1.165, 1.54) is 0 Å². The van der Waals surface area contributed by atoms with E-state index in [2.05, 4.69) is 24.1 Å². The van der Waals surface area contributed by atoms with E-state index in [0.717, 1.165) is 6.54 Å². The molecule has 5 heteroatoms. The molecule has 0 aromatic carbocycles. The molecular weight excluding hydrogens is 246 g/mol. The fourth-order valence-corrected chi connectivity index (χ4v) is 2.23. The van der Waals surface area contributed by atoms with Crippen molar-refractivity contribution < 1.29 is 4.79 Å². The molecule has 0 aliphatic carbocycles. The summed E-state index contributed by atoms with van der Waals surface area (Å²) < 4.78 is 0. The molecule has 0 aromatic rings. The van der Waals surface area contributed by atoms with Crippen molar-refractivity contribution in [2.24, 2.45) is 23.5 Å². The van der Waals surface area contributed by atoms with Gasteiger partial charge in [0.15, 0.2) is 0 Å². The molecule has 0 aliphatic heterocycles. The van der Waals surface area contributed by atoms with Crippen molar-refractivity contribution in [2.75, 3.05) is 20.6 Å². The largest absolute Gasteiger partial charge is 0.393 e. The van der Waals surface area contributed by atoms with Crippen molar-refractivity contribution in [3.05, 3.63) is 0 Å². The zero-order chi connectivity index (χ0) is 14.5. The second-order valence-electron chi connectivity index (χ2n) is 5.75. The minimum absolute atomic E-state index is 0.0574. The highest BCUT2D eigenvalue weighted by Gasteiger charge is 2.27. The van der Waals surface area contributed by atoms with Crippen molar-refractivity contribution >= 4 is 23.1 Å². The summed E-state index contributed by atoms with van der Waals surface area (Å²) in [4.78, 5) is 14.6. The van der Waals surface area contributed by atoms with E-state index in [9.17, 15) is 4.79 Å². The van der Waals surface area contributed by atoms with Crippen LogP contribution < -0.4 is 11.1 Å². The molecule has 0 bridgehead atoms. The van der Waals surface area contributed by atoms with Crippen molar-refractivity contribution in [2.45, 2.75) is 33.7 Å². The van der Waals surface area contributed by atoms with Crippen molar-refractivity contribution in [3.63, 3.8) is 0 Å². The molecule has 2 atom stereocenters. The number of hydrogen-bond acceptors (Lipinski definition) is 3. The predicted molar refractivity (Wildman–Crippen MR) is 80.4 cm³/mol. The van der Waals surface area contributed by atoms with Crippen LogP contribution in [0.4, 0.5) is 0 Å². The number of rotatable bonds is 7. The highest BCUT2D eigenvalue weighted by atomic mass is 32.1. The predicted octanol–water partition coefficient (Wildman–Crippen LogP) is 1.25. The number of thiocarbonyl (C=S) groups is 1. The Hall–Kier alpha value is -0.680. The highest BCUT2D eigenvalue weighted by Crippen LogP contribution is 2.13. The number of nitrogens with zero attached hydrogens (tertiary/aromatic N) is 1. The van der Waals surface area contributed by atoms with E-state index in [1.54, 1.807) is 0 Å². The van der Waals surface area contributed by atoms with E-state index < -0.39 is 0 Å². The Morgan fingerprint density at radius 3 is 2.00 bits per heavy atom. The van der Waals surface area contributed by atoms with Gasteiger partial charge in [-0.25, -0.2) is 0 Å². The third kappa shape index (κ3) is 5.78. The fourth-order valence-electron chi connectivity index (χ4n) is 1.85. The van der Waals surface area contributed by atoms with Gasteiger partial charge in [-0.05, 0) is 25.9 Å². The van der Waals surface area contributed by atoms with Gasteiger partial charge < -0.3 is 16.0 Å². The van der Waals surface area contributed by atoms with Crippen LogP contribution >= 0.6 is 12.2 Å². The van der Waals surface area contributed by atoms with Crippen molar-refractivity contribution in [1.29, 1.82) is 0 Å². The highest BCUT2D eigenvalue weighted by molar-refractivity contribution is 7.80. The molecule has 0 fully saturated rings. The molecule has 3 N–H and O–H groups in total. The van der Waals surface area contributed by atoms with E-state index in [0.29, 0.717) is 5.92 Å². The lowest BCUT2D eigenvalue weighted by Crippen LogP contribution is -2.50. The Labute approximate surface area is 116 Å². The van der Waals surface area contributed by atoms with Crippen LogP contribution in [0.2, 0.25) is 0 Å². The molecule has 0 spiro atoms. The third-order valence-electron chi connectivity index (χ3n) is 2.95.